The van der Waals surface area contributed by atoms with E-state index in [1.807, 2.05) is 0 Å². The highest BCUT2D eigenvalue weighted by molar-refractivity contribution is 6.06. The first-order valence-corrected chi connectivity index (χ1v) is 8.99. The largest absolute Gasteiger partial charge is 0.478 e. The number of nitrogens with one attached hydrogen (secondary N) is 3. The highest BCUT2D eigenvalue weighted by Gasteiger charge is 2.16. The number of nitro groups is 2. The Balaban J connectivity index is 0.000000218. The van der Waals surface area contributed by atoms with Crippen molar-refractivity contribution in [3.05, 3.63) is 68.3 Å². The van der Waals surface area contributed by atoms with Gasteiger partial charge >= 0.3 is 5.97 Å². The van der Waals surface area contributed by atoms with E-state index < -0.39 is 15.8 Å². The number of aromatic carboxylic acids is 1. The van der Waals surface area contributed by atoms with E-state index in [1.54, 1.807) is 0 Å². The normalized spacial score (nSPS) is 9.91. The molecule has 0 aliphatic carbocycles. The van der Waals surface area contributed by atoms with Gasteiger partial charge in [-0.3, -0.25) is 25.0 Å². The zero-order chi connectivity index (χ0) is 24.7. The molecule has 172 valence electrons. The van der Waals surface area contributed by atoms with Crippen molar-refractivity contribution in [3.63, 3.8) is 0 Å². The van der Waals surface area contributed by atoms with Crippen LogP contribution in [0.25, 0.3) is 22.1 Å². The second-order valence-electron chi connectivity index (χ2n) is 5.98. The molecule has 0 spiro atoms. The highest BCUT2D eigenvalue weighted by atomic mass is 16.6. The monoisotopic (exact) mass is 458 g/mol. The van der Waals surface area contributed by atoms with E-state index in [1.165, 1.54) is 38.6 Å². The smallest absolute Gasteiger partial charge is 0.337 e. The van der Waals surface area contributed by atoms with Gasteiger partial charge in [0.05, 0.1) is 21.0 Å². The minimum Gasteiger partial charge on any atom is -0.478 e. The van der Waals surface area contributed by atoms with Gasteiger partial charge < -0.3 is 26.1 Å². The van der Waals surface area contributed by atoms with Crippen LogP contribution in [-0.4, -0.2) is 60.9 Å². The maximum Gasteiger partial charge on any atom is 0.337 e. The molecule has 0 aliphatic heterocycles. The summed E-state index contributed by atoms with van der Waals surface area (Å²) in [6.45, 7) is 0. The summed E-state index contributed by atoms with van der Waals surface area (Å²) in [5.41, 5.74) is 5.21. The number of aromatic nitrogens is 4. The fourth-order valence-electron chi connectivity index (χ4n) is 2.68. The molecule has 4 aromatic rings. The molecule has 0 saturated carbocycles. The molecule has 0 fully saturated rings. The molecule has 4 rings (SSSR count). The summed E-state index contributed by atoms with van der Waals surface area (Å²) < 4.78 is 0. The van der Waals surface area contributed by atoms with Crippen LogP contribution in [-0.2, 0) is 0 Å². The number of carbonyl (C=O) groups excluding carboxylic acids is 1. The Labute approximate surface area is 183 Å². The van der Waals surface area contributed by atoms with Gasteiger partial charge in [-0.1, -0.05) is 0 Å². The van der Waals surface area contributed by atoms with Crippen molar-refractivity contribution in [3.8, 4) is 0 Å². The Hall–Kier alpha value is -4.92. The van der Waals surface area contributed by atoms with Gasteiger partial charge in [0.15, 0.2) is 0 Å². The van der Waals surface area contributed by atoms with Crippen LogP contribution in [0.15, 0.2) is 36.9 Å². The number of rotatable bonds is 4. The van der Waals surface area contributed by atoms with Crippen LogP contribution < -0.4 is 11.1 Å². The minimum absolute atomic E-state index is 0.0267. The Morgan fingerprint density at radius 1 is 0.939 bits per heavy atom. The summed E-state index contributed by atoms with van der Waals surface area (Å²) in [5, 5.41) is 32.9. The van der Waals surface area contributed by atoms with Crippen molar-refractivity contribution >= 4 is 45.3 Å². The second-order valence-corrected chi connectivity index (χ2v) is 5.98. The lowest BCUT2D eigenvalue weighted by Gasteiger charge is -1.96. The van der Waals surface area contributed by atoms with E-state index in [9.17, 15) is 29.8 Å². The van der Waals surface area contributed by atoms with E-state index >= 15 is 0 Å². The molecule has 0 bridgehead atoms. The molecule has 0 saturated heterocycles. The average Bonchev–Trinajstić information content (AvgIpc) is 3.43. The van der Waals surface area contributed by atoms with E-state index in [-0.39, 0.29) is 28.2 Å². The number of carboxylic acid groups (broad SMARTS) is 1. The van der Waals surface area contributed by atoms with Crippen LogP contribution in [0.4, 0.5) is 11.4 Å². The SMILES string of the molecule is CN.CNC(=O)c1c[nH]c2ncc([N+](=O)[O-])cc12.O=C(O)c1c[nH]c2ncc([N+](=O)[O-])cc12. The van der Waals surface area contributed by atoms with Crippen molar-refractivity contribution in [2.24, 2.45) is 5.73 Å². The number of nitrogens with two attached hydrogens (primary N) is 1. The van der Waals surface area contributed by atoms with Gasteiger partial charge in [-0.15, -0.1) is 0 Å². The maximum absolute atomic E-state index is 11.4. The first-order chi connectivity index (χ1) is 15.7. The summed E-state index contributed by atoms with van der Waals surface area (Å²) in [4.78, 5) is 55.0. The Morgan fingerprint density at radius 3 is 1.76 bits per heavy atom. The molecule has 1 amide bonds. The number of pyridine rings is 2. The number of hydrogen-bond donors (Lipinski definition) is 5. The van der Waals surface area contributed by atoms with Gasteiger partial charge in [-0.05, 0) is 7.05 Å². The molecule has 0 aromatic carbocycles. The van der Waals surface area contributed by atoms with E-state index in [2.05, 4.69) is 31.0 Å². The number of carbonyl (C=O) groups is 2. The predicted octanol–water partition coefficient (Wildman–Crippen LogP) is 1.57. The van der Waals surface area contributed by atoms with Crippen molar-refractivity contribution in [1.29, 1.82) is 0 Å². The summed E-state index contributed by atoms with van der Waals surface area (Å²) in [7, 11) is 2.99. The summed E-state index contributed by atoms with van der Waals surface area (Å²) in [6.07, 6.45) is 4.95. The van der Waals surface area contributed by atoms with Crippen LogP contribution in [0.1, 0.15) is 20.7 Å². The zero-order valence-corrected chi connectivity index (χ0v) is 17.2. The van der Waals surface area contributed by atoms with Gasteiger partial charge in [0.25, 0.3) is 17.3 Å². The molecule has 0 radical (unpaired) electrons. The number of fused-ring (bicyclic) bond motifs is 2. The lowest BCUT2D eigenvalue weighted by molar-refractivity contribution is -0.385. The number of nitrogens with zero attached hydrogens (tertiary/aromatic N) is 4. The van der Waals surface area contributed by atoms with Crippen LogP contribution >= 0.6 is 0 Å². The van der Waals surface area contributed by atoms with Crippen LogP contribution in [0.3, 0.4) is 0 Å². The van der Waals surface area contributed by atoms with E-state index in [0.717, 1.165) is 12.4 Å². The number of carboxylic acids is 1. The summed E-state index contributed by atoms with van der Waals surface area (Å²) >= 11 is 0. The van der Waals surface area contributed by atoms with Crippen molar-refractivity contribution in [2.45, 2.75) is 0 Å². The van der Waals surface area contributed by atoms with Crippen LogP contribution in [0.2, 0.25) is 0 Å². The predicted molar refractivity (Wildman–Crippen MR) is 116 cm³/mol. The average molecular weight is 458 g/mol. The molecule has 4 heterocycles. The van der Waals surface area contributed by atoms with E-state index in [0.29, 0.717) is 22.2 Å². The zero-order valence-electron chi connectivity index (χ0n) is 17.2. The van der Waals surface area contributed by atoms with Gasteiger partial charge in [0.1, 0.15) is 23.7 Å². The van der Waals surface area contributed by atoms with Crippen molar-refractivity contribution < 1.29 is 24.5 Å². The summed E-state index contributed by atoms with van der Waals surface area (Å²) in [5.74, 6) is -1.46. The molecule has 15 heteroatoms. The first kappa shape index (κ1) is 24.4. The Kier molecular flexibility index (Phi) is 7.68. The molecular formula is C18H18N8O7. The fraction of sp³-hybridized carbons (Fsp3) is 0.111. The number of H-pyrrole nitrogens is 2. The molecule has 15 nitrogen and oxygen atoms in total. The number of hydrogen-bond acceptors (Lipinski definition) is 9. The molecule has 0 aliphatic rings. The highest BCUT2D eigenvalue weighted by Crippen LogP contribution is 2.22. The van der Waals surface area contributed by atoms with Gasteiger partial charge in [-0.25, -0.2) is 14.8 Å². The summed E-state index contributed by atoms with van der Waals surface area (Å²) in [6, 6.07) is 2.51. The molecule has 0 unspecified atom stereocenters. The van der Waals surface area contributed by atoms with Crippen LogP contribution in [0.5, 0.6) is 0 Å². The molecule has 0 atom stereocenters. The first-order valence-electron chi connectivity index (χ1n) is 8.99. The Bertz CT molecular complexity index is 1340. The number of amides is 1. The third kappa shape index (κ3) is 5.23. The third-order valence-electron chi connectivity index (χ3n) is 4.16. The molecular weight excluding hydrogens is 440 g/mol. The van der Waals surface area contributed by atoms with Crippen molar-refractivity contribution in [1.82, 2.24) is 25.3 Å². The van der Waals surface area contributed by atoms with Crippen molar-refractivity contribution in [2.75, 3.05) is 14.1 Å². The van der Waals surface area contributed by atoms with Gasteiger partial charge in [0, 0.05) is 42.3 Å². The Morgan fingerprint density at radius 2 is 1.36 bits per heavy atom. The van der Waals surface area contributed by atoms with Gasteiger partial charge in [0.2, 0.25) is 0 Å². The lowest BCUT2D eigenvalue weighted by Crippen LogP contribution is -2.17. The van der Waals surface area contributed by atoms with Gasteiger partial charge in [-0.2, -0.15) is 0 Å². The molecule has 33 heavy (non-hydrogen) atoms. The lowest BCUT2D eigenvalue weighted by atomic mass is 10.2. The second kappa shape index (κ2) is 10.4. The standard InChI is InChI=1S/C9H8N4O3.C8H5N3O4.CH5N/c1-10-9(14)7-4-12-8-6(7)2-5(3-11-8)13(15)16;12-8(13)6-3-10-7-5(6)1-4(2-9-7)11(14)15;1-2/h2-4H,1H3,(H,10,14)(H,11,12);1-3H,(H,9,10)(H,12,13);2H2,1H3. The number of aromatic amines is 2. The quantitative estimate of drug-likeness (QED) is 0.218. The topological polar surface area (TPSA) is 236 Å². The molecule has 6 N–H and O–H groups in total. The fourth-order valence-corrected chi connectivity index (χ4v) is 2.68. The van der Waals surface area contributed by atoms with Crippen LogP contribution in [0, 0.1) is 20.2 Å². The third-order valence-corrected chi connectivity index (χ3v) is 4.16. The minimum atomic E-state index is -1.15. The maximum atomic E-state index is 11.4. The molecule has 4 aromatic heterocycles. The van der Waals surface area contributed by atoms with E-state index in [4.69, 9.17) is 5.11 Å².